The third-order valence-electron chi connectivity index (χ3n) is 3.38. The van der Waals surface area contributed by atoms with Crippen LogP contribution in [0.5, 0.6) is 0 Å². The minimum atomic E-state index is 0.864. The van der Waals surface area contributed by atoms with Gasteiger partial charge in [0.2, 0.25) is 0 Å². The van der Waals surface area contributed by atoms with Crippen molar-refractivity contribution in [1.82, 2.24) is 0 Å². The normalized spacial score (nSPS) is 19.1. The lowest BCUT2D eigenvalue weighted by molar-refractivity contribution is 0.513. The zero-order chi connectivity index (χ0) is 11.2. The van der Waals surface area contributed by atoms with Crippen LogP contribution in [-0.4, -0.2) is 5.25 Å². The van der Waals surface area contributed by atoms with Gasteiger partial charge in [-0.2, -0.15) is 0 Å². The lowest BCUT2D eigenvalue weighted by Gasteiger charge is -2.19. The molecule has 0 radical (unpaired) electrons. The van der Waals surface area contributed by atoms with Gasteiger partial charge in [-0.05, 0) is 31.9 Å². The molecule has 1 aromatic carbocycles. The molecule has 0 nitrogen and oxygen atoms in total. The number of hydrogen-bond donors (Lipinski definition) is 0. The second-order valence-corrected chi connectivity index (χ2v) is 6.27. The van der Waals surface area contributed by atoms with Gasteiger partial charge in [-0.25, -0.2) is 0 Å². The molecule has 0 atom stereocenters. The summed E-state index contributed by atoms with van der Waals surface area (Å²) in [5, 5.41) is 0.864. The SMILES string of the molecule is Cc1ccc(SC2CCCCCCC2)cc1. The van der Waals surface area contributed by atoms with Crippen molar-refractivity contribution in [3.63, 3.8) is 0 Å². The van der Waals surface area contributed by atoms with E-state index in [0.29, 0.717) is 0 Å². The fraction of sp³-hybridized carbons (Fsp3) is 0.600. The van der Waals surface area contributed by atoms with Crippen LogP contribution in [0, 0.1) is 6.92 Å². The highest BCUT2D eigenvalue weighted by Gasteiger charge is 2.12. The molecular formula is C15H22S. The Hall–Kier alpha value is -0.430. The standard InChI is InChI=1S/C15H22S/c1-13-9-11-15(12-10-13)16-14-7-5-3-2-4-6-8-14/h9-12,14H,2-8H2,1H3. The smallest absolute Gasteiger partial charge is 0.00944 e. The van der Waals surface area contributed by atoms with Gasteiger partial charge in [0.25, 0.3) is 0 Å². The molecule has 1 saturated carbocycles. The monoisotopic (exact) mass is 234 g/mol. The van der Waals surface area contributed by atoms with E-state index in [4.69, 9.17) is 0 Å². The van der Waals surface area contributed by atoms with Crippen molar-refractivity contribution in [3.05, 3.63) is 29.8 Å². The number of thioether (sulfide) groups is 1. The summed E-state index contributed by atoms with van der Waals surface area (Å²) >= 11 is 2.10. The van der Waals surface area contributed by atoms with E-state index in [2.05, 4.69) is 43.0 Å². The summed E-state index contributed by atoms with van der Waals surface area (Å²) in [6.45, 7) is 2.16. The molecule has 16 heavy (non-hydrogen) atoms. The van der Waals surface area contributed by atoms with Gasteiger partial charge in [0.1, 0.15) is 0 Å². The second kappa shape index (κ2) is 6.34. The maximum atomic E-state index is 2.28. The van der Waals surface area contributed by atoms with Crippen LogP contribution in [-0.2, 0) is 0 Å². The van der Waals surface area contributed by atoms with Gasteiger partial charge in [0.05, 0.1) is 0 Å². The lowest BCUT2D eigenvalue weighted by atomic mass is 10.0. The fourth-order valence-electron chi connectivity index (χ4n) is 2.35. The lowest BCUT2D eigenvalue weighted by Crippen LogP contribution is -2.05. The Balaban J connectivity index is 1.89. The molecule has 0 saturated heterocycles. The average Bonchev–Trinajstić information content (AvgIpc) is 2.25. The molecule has 1 aromatic rings. The van der Waals surface area contributed by atoms with Crippen LogP contribution in [0.4, 0.5) is 0 Å². The first kappa shape index (κ1) is 12.0. The number of rotatable bonds is 2. The summed E-state index contributed by atoms with van der Waals surface area (Å²) in [7, 11) is 0. The van der Waals surface area contributed by atoms with Crippen LogP contribution in [0.3, 0.4) is 0 Å². The quantitative estimate of drug-likeness (QED) is 0.677. The van der Waals surface area contributed by atoms with Crippen LogP contribution < -0.4 is 0 Å². The van der Waals surface area contributed by atoms with Crippen molar-refractivity contribution in [2.45, 2.75) is 62.0 Å². The molecule has 1 fully saturated rings. The minimum Gasteiger partial charge on any atom is -0.123 e. The Kier molecular flexibility index (Phi) is 4.77. The zero-order valence-corrected chi connectivity index (χ0v) is 11.1. The van der Waals surface area contributed by atoms with Crippen molar-refractivity contribution < 1.29 is 0 Å². The summed E-state index contributed by atoms with van der Waals surface area (Å²) in [6, 6.07) is 9.01. The Labute approximate surface area is 104 Å². The van der Waals surface area contributed by atoms with Crippen LogP contribution in [0.25, 0.3) is 0 Å². The average molecular weight is 234 g/mol. The molecular weight excluding hydrogens is 212 g/mol. The molecule has 0 spiro atoms. The van der Waals surface area contributed by atoms with Gasteiger partial charge >= 0.3 is 0 Å². The van der Waals surface area contributed by atoms with Gasteiger partial charge in [0.15, 0.2) is 0 Å². The summed E-state index contributed by atoms with van der Waals surface area (Å²) < 4.78 is 0. The summed E-state index contributed by atoms with van der Waals surface area (Å²) in [4.78, 5) is 1.45. The van der Waals surface area contributed by atoms with Crippen LogP contribution >= 0.6 is 11.8 Å². The maximum Gasteiger partial charge on any atom is 0.00944 e. The zero-order valence-electron chi connectivity index (χ0n) is 10.2. The van der Waals surface area contributed by atoms with Crippen LogP contribution in [0.1, 0.15) is 50.5 Å². The third kappa shape index (κ3) is 3.86. The second-order valence-electron chi connectivity index (χ2n) is 4.90. The topological polar surface area (TPSA) is 0 Å². The van der Waals surface area contributed by atoms with Crippen molar-refractivity contribution in [2.75, 3.05) is 0 Å². The molecule has 1 aliphatic rings. The van der Waals surface area contributed by atoms with E-state index in [1.807, 2.05) is 0 Å². The fourth-order valence-corrected chi connectivity index (χ4v) is 3.59. The van der Waals surface area contributed by atoms with E-state index in [1.54, 1.807) is 0 Å². The van der Waals surface area contributed by atoms with E-state index in [-0.39, 0.29) is 0 Å². The first-order chi connectivity index (χ1) is 7.84. The van der Waals surface area contributed by atoms with Gasteiger partial charge in [0, 0.05) is 10.1 Å². The van der Waals surface area contributed by atoms with E-state index in [1.165, 1.54) is 55.4 Å². The highest BCUT2D eigenvalue weighted by atomic mass is 32.2. The Morgan fingerprint density at radius 3 is 2.06 bits per heavy atom. The molecule has 0 bridgehead atoms. The Morgan fingerprint density at radius 1 is 0.875 bits per heavy atom. The van der Waals surface area contributed by atoms with E-state index < -0.39 is 0 Å². The number of hydrogen-bond acceptors (Lipinski definition) is 1. The molecule has 2 rings (SSSR count). The molecule has 0 aliphatic heterocycles. The van der Waals surface area contributed by atoms with Crippen molar-refractivity contribution in [3.8, 4) is 0 Å². The summed E-state index contributed by atoms with van der Waals surface area (Å²) in [6.07, 6.45) is 10.1. The minimum absolute atomic E-state index is 0.864. The highest BCUT2D eigenvalue weighted by Crippen LogP contribution is 2.32. The molecule has 0 unspecified atom stereocenters. The molecule has 0 aromatic heterocycles. The van der Waals surface area contributed by atoms with Crippen molar-refractivity contribution in [1.29, 1.82) is 0 Å². The Morgan fingerprint density at radius 2 is 1.44 bits per heavy atom. The predicted molar refractivity (Wildman–Crippen MR) is 73.1 cm³/mol. The first-order valence-corrected chi connectivity index (χ1v) is 7.46. The number of benzene rings is 1. The van der Waals surface area contributed by atoms with Crippen molar-refractivity contribution in [2.24, 2.45) is 0 Å². The van der Waals surface area contributed by atoms with Crippen LogP contribution in [0.2, 0.25) is 0 Å². The molecule has 0 heterocycles. The highest BCUT2D eigenvalue weighted by molar-refractivity contribution is 8.00. The Bertz CT molecular complexity index is 294. The predicted octanol–water partition coefficient (Wildman–Crippen LogP) is 5.20. The maximum absolute atomic E-state index is 2.28. The van der Waals surface area contributed by atoms with Crippen molar-refractivity contribution >= 4 is 11.8 Å². The van der Waals surface area contributed by atoms with Gasteiger partial charge < -0.3 is 0 Å². The first-order valence-electron chi connectivity index (χ1n) is 6.58. The van der Waals surface area contributed by atoms with Gasteiger partial charge in [-0.1, -0.05) is 49.8 Å². The molecule has 1 heteroatoms. The largest absolute Gasteiger partial charge is 0.123 e. The molecule has 1 aliphatic carbocycles. The summed E-state index contributed by atoms with van der Waals surface area (Å²) in [5.41, 5.74) is 1.36. The third-order valence-corrected chi connectivity index (χ3v) is 4.73. The molecule has 88 valence electrons. The number of aryl methyl sites for hydroxylation is 1. The van der Waals surface area contributed by atoms with E-state index in [0.717, 1.165) is 5.25 Å². The summed E-state index contributed by atoms with van der Waals surface area (Å²) in [5.74, 6) is 0. The van der Waals surface area contributed by atoms with E-state index >= 15 is 0 Å². The van der Waals surface area contributed by atoms with E-state index in [9.17, 15) is 0 Å². The van der Waals surface area contributed by atoms with Crippen LogP contribution in [0.15, 0.2) is 29.2 Å². The van der Waals surface area contributed by atoms with Gasteiger partial charge in [-0.3, -0.25) is 0 Å². The molecule has 0 N–H and O–H groups in total. The van der Waals surface area contributed by atoms with Gasteiger partial charge in [-0.15, -0.1) is 11.8 Å². The molecule has 0 amide bonds.